The maximum absolute atomic E-state index is 11.8. The zero-order valence-corrected chi connectivity index (χ0v) is 9.64. The van der Waals surface area contributed by atoms with E-state index in [1.807, 2.05) is 0 Å². The van der Waals surface area contributed by atoms with E-state index < -0.39 is 0 Å². The van der Waals surface area contributed by atoms with Gasteiger partial charge < -0.3 is 5.11 Å². The second-order valence-corrected chi connectivity index (χ2v) is 3.80. The van der Waals surface area contributed by atoms with Crippen LogP contribution in [-0.2, 0) is 0 Å². The van der Waals surface area contributed by atoms with Crippen molar-refractivity contribution in [1.82, 2.24) is 0 Å². The van der Waals surface area contributed by atoms with Crippen molar-refractivity contribution in [3.05, 3.63) is 45.6 Å². The van der Waals surface area contributed by atoms with Gasteiger partial charge in [-0.05, 0) is 24.6 Å². The minimum Gasteiger partial charge on any atom is -0.515 e. The Kier molecular flexibility index (Phi) is 4.18. The highest BCUT2D eigenvalue weighted by atomic mass is 35.5. The zero-order valence-electron chi connectivity index (χ0n) is 8.13. The van der Waals surface area contributed by atoms with Gasteiger partial charge in [0, 0.05) is 16.2 Å². The molecule has 0 unspecified atom stereocenters. The molecule has 0 atom stereocenters. The lowest BCUT2D eigenvalue weighted by molar-refractivity contribution is 0.102. The summed E-state index contributed by atoms with van der Waals surface area (Å²) in [6, 6.07) is 4.64. The normalized spacial score (nSPS) is 11.5. The fourth-order valence-electron chi connectivity index (χ4n) is 1.16. The molecule has 0 heterocycles. The number of hydrogen-bond acceptors (Lipinski definition) is 2. The summed E-state index contributed by atoms with van der Waals surface area (Å²) in [7, 11) is 0. The third kappa shape index (κ3) is 2.74. The van der Waals surface area contributed by atoms with Gasteiger partial charge in [0.15, 0.2) is 5.78 Å². The minimum atomic E-state index is -0.276. The fraction of sp³-hybridized carbons (Fsp3) is 0.182. The lowest BCUT2D eigenvalue weighted by Gasteiger charge is -2.04. The molecule has 2 nitrogen and oxygen atoms in total. The summed E-state index contributed by atoms with van der Waals surface area (Å²) < 4.78 is 0. The number of benzene rings is 1. The van der Waals surface area contributed by atoms with E-state index in [-0.39, 0.29) is 5.78 Å². The molecule has 0 aliphatic rings. The second kappa shape index (κ2) is 5.19. The van der Waals surface area contributed by atoms with E-state index in [0.717, 1.165) is 6.26 Å². The van der Waals surface area contributed by atoms with Gasteiger partial charge >= 0.3 is 0 Å². The lowest BCUT2D eigenvalue weighted by Crippen LogP contribution is -2.03. The van der Waals surface area contributed by atoms with Gasteiger partial charge in [0.25, 0.3) is 0 Å². The Morgan fingerprint density at radius 3 is 2.60 bits per heavy atom. The molecular formula is C11H10Cl2O2. The van der Waals surface area contributed by atoms with Gasteiger partial charge in [0.1, 0.15) is 0 Å². The lowest BCUT2D eigenvalue weighted by atomic mass is 10.0. The van der Waals surface area contributed by atoms with Crippen LogP contribution in [0.5, 0.6) is 0 Å². The molecule has 0 aromatic heterocycles. The van der Waals surface area contributed by atoms with E-state index in [4.69, 9.17) is 28.3 Å². The average Bonchev–Trinajstić information content (AvgIpc) is 2.19. The number of Topliss-reactive ketones (excluding diaryl/α,β-unsaturated/α-hetero) is 1. The average molecular weight is 245 g/mol. The van der Waals surface area contributed by atoms with Crippen molar-refractivity contribution in [3.8, 4) is 0 Å². The van der Waals surface area contributed by atoms with Crippen LogP contribution in [0.15, 0.2) is 30.0 Å². The van der Waals surface area contributed by atoms with Crippen molar-refractivity contribution < 1.29 is 9.90 Å². The molecule has 1 N–H and O–H groups in total. The van der Waals surface area contributed by atoms with Gasteiger partial charge in [-0.25, -0.2) is 0 Å². The number of ketones is 1. The quantitative estimate of drug-likeness (QED) is 0.496. The molecule has 0 spiro atoms. The molecule has 80 valence electrons. The van der Waals surface area contributed by atoms with Crippen LogP contribution in [0.2, 0.25) is 10.0 Å². The van der Waals surface area contributed by atoms with Crippen LogP contribution < -0.4 is 0 Å². The number of aliphatic hydroxyl groups is 1. The summed E-state index contributed by atoms with van der Waals surface area (Å²) in [4.78, 5) is 11.8. The summed E-state index contributed by atoms with van der Waals surface area (Å²) in [6.07, 6.45) is 1.27. The van der Waals surface area contributed by atoms with E-state index in [0.29, 0.717) is 27.6 Å². The first-order chi connectivity index (χ1) is 7.10. The number of rotatable bonds is 3. The Hall–Kier alpha value is -0.990. The first-order valence-electron chi connectivity index (χ1n) is 4.43. The molecule has 0 radical (unpaired) electrons. The number of carbonyl (C=O) groups excluding carboxylic acids is 1. The molecule has 1 aromatic carbocycles. The summed E-state index contributed by atoms with van der Waals surface area (Å²) in [5, 5.41) is 9.62. The van der Waals surface area contributed by atoms with Gasteiger partial charge in [0.05, 0.1) is 11.3 Å². The Morgan fingerprint density at radius 1 is 1.47 bits per heavy atom. The fourth-order valence-corrected chi connectivity index (χ4v) is 1.65. The van der Waals surface area contributed by atoms with E-state index in [2.05, 4.69) is 0 Å². The van der Waals surface area contributed by atoms with Gasteiger partial charge in [0.2, 0.25) is 0 Å². The van der Waals surface area contributed by atoms with E-state index in [1.165, 1.54) is 6.07 Å². The van der Waals surface area contributed by atoms with E-state index in [9.17, 15) is 4.79 Å². The highest BCUT2D eigenvalue weighted by molar-refractivity contribution is 6.37. The molecule has 0 fully saturated rings. The van der Waals surface area contributed by atoms with Gasteiger partial charge in [-0.15, -0.1) is 0 Å². The largest absolute Gasteiger partial charge is 0.515 e. The van der Waals surface area contributed by atoms with Crippen LogP contribution in [0.25, 0.3) is 0 Å². The SMILES string of the molecule is CC/C(=C\O)C(=O)c1ccc(Cl)cc1Cl. The third-order valence-electron chi connectivity index (χ3n) is 2.00. The highest BCUT2D eigenvalue weighted by Gasteiger charge is 2.14. The predicted molar refractivity (Wildman–Crippen MR) is 61.8 cm³/mol. The monoisotopic (exact) mass is 244 g/mol. The van der Waals surface area contributed by atoms with Crippen LogP contribution in [0, 0.1) is 0 Å². The third-order valence-corrected chi connectivity index (χ3v) is 2.55. The first-order valence-corrected chi connectivity index (χ1v) is 5.18. The summed E-state index contributed by atoms with van der Waals surface area (Å²) >= 11 is 11.6. The maximum atomic E-state index is 11.8. The Bertz CT molecular complexity index is 411. The van der Waals surface area contributed by atoms with Crippen LogP contribution >= 0.6 is 23.2 Å². The topological polar surface area (TPSA) is 37.3 Å². The van der Waals surface area contributed by atoms with Crippen molar-refractivity contribution in [3.63, 3.8) is 0 Å². The molecular weight excluding hydrogens is 235 g/mol. The number of allylic oxidation sites excluding steroid dienone is 1. The Balaban J connectivity index is 3.12. The Morgan fingerprint density at radius 2 is 2.13 bits per heavy atom. The molecule has 0 aliphatic carbocycles. The molecule has 0 aliphatic heterocycles. The van der Waals surface area contributed by atoms with Crippen molar-refractivity contribution >= 4 is 29.0 Å². The maximum Gasteiger partial charge on any atom is 0.193 e. The van der Waals surface area contributed by atoms with Crippen LogP contribution in [-0.4, -0.2) is 10.9 Å². The molecule has 1 rings (SSSR count). The van der Waals surface area contributed by atoms with Crippen molar-refractivity contribution in [2.45, 2.75) is 13.3 Å². The second-order valence-electron chi connectivity index (χ2n) is 2.96. The molecule has 0 bridgehead atoms. The first kappa shape index (κ1) is 12.1. The number of aliphatic hydroxyl groups excluding tert-OH is 1. The summed E-state index contributed by atoms with van der Waals surface area (Å²) in [5.74, 6) is -0.276. The predicted octanol–water partition coefficient (Wildman–Crippen LogP) is 4.03. The zero-order chi connectivity index (χ0) is 11.4. The van der Waals surface area contributed by atoms with Crippen molar-refractivity contribution in [2.24, 2.45) is 0 Å². The van der Waals surface area contributed by atoms with Gasteiger partial charge in [-0.1, -0.05) is 30.1 Å². The van der Waals surface area contributed by atoms with E-state index >= 15 is 0 Å². The van der Waals surface area contributed by atoms with Crippen LogP contribution in [0.3, 0.4) is 0 Å². The van der Waals surface area contributed by atoms with E-state index in [1.54, 1.807) is 19.1 Å². The standard InChI is InChI=1S/C11H10Cl2O2/c1-2-7(6-14)11(15)9-4-3-8(12)5-10(9)13/h3-6,14H,2H2,1H3/b7-6+. The Labute approximate surface area is 98.1 Å². The van der Waals surface area contributed by atoms with Crippen LogP contribution in [0.1, 0.15) is 23.7 Å². The van der Waals surface area contributed by atoms with Crippen molar-refractivity contribution in [2.75, 3.05) is 0 Å². The highest BCUT2D eigenvalue weighted by Crippen LogP contribution is 2.23. The van der Waals surface area contributed by atoms with Gasteiger partial charge in [-0.2, -0.15) is 0 Å². The molecule has 15 heavy (non-hydrogen) atoms. The minimum absolute atomic E-state index is 0.276. The smallest absolute Gasteiger partial charge is 0.193 e. The number of carbonyl (C=O) groups is 1. The van der Waals surface area contributed by atoms with Crippen LogP contribution in [0.4, 0.5) is 0 Å². The number of halogens is 2. The molecule has 4 heteroatoms. The molecule has 1 aromatic rings. The molecule has 0 saturated carbocycles. The summed E-state index contributed by atoms with van der Waals surface area (Å²) in [5.41, 5.74) is 0.669. The summed E-state index contributed by atoms with van der Waals surface area (Å²) in [6.45, 7) is 1.78. The molecule has 0 amide bonds. The molecule has 0 saturated heterocycles. The van der Waals surface area contributed by atoms with Gasteiger partial charge in [-0.3, -0.25) is 4.79 Å². The number of hydrogen-bond donors (Lipinski definition) is 1. The van der Waals surface area contributed by atoms with Crippen molar-refractivity contribution in [1.29, 1.82) is 0 Å².